The second-order valence-electron chi connectivity index (χ2n) is 5.69. The van der Waals surface area contributed by atoms with E-state index in [0.29, 0.717) is 10.7 Å². The van der Waals surface area contributed by atoms with E-state index in [1.54, 1.807) is 25.4 Å². The number of ether oxygens (including phenoxy) is 1. The summed E-state index contributed by atoms with van der Waals surface area (Å²) < 4.78 is 6.15. The van der Waals surface area contributed by atoms with E-state index in [0.717, 1.165) is 15.4 Å². The van der Waals surface area contributed by atoms with Crippen molar-refractivity contribution in [1.82, 2.24) is 4.98 Å². The zero-order valence-electron chi connectivity index (χ0n) is 12.3. The number of nitrogens with zero attached hydrogens (tertiary/aromatic N) is 2. The quantitative estimate of drug-likeness (QED) is 0.706. The van der Waals surface area contributed by atoms with Gasteiger partial charge in [-0.25, -0.2) is 4.79 Å². The number of hydrogen-bond acceptors (Lipinski definition) is 3. The Morgan fingerprint density at radius 1 is 1.33 bits per heavy atom. The molecule has 21 heavy (non-hydrogen) atoms. The van der Waals surface area contributed by atoms with Crippen molar-refractivity contribution in [2.45, 2.75) is 26.4 Å². The van der Waals surface area contributed by atoms with Crippen LogP contribution in [0.4, 0.5) is 10.5 Å². The molecule has 0 spiro atoms. The first-order valence-electron chi connectivity index (χ1n) is 6.39. The number of pyridine rings is 1. The fourth-order valence-electron chi connectivity index (χ4n) is 1.78. The van der Waals surface area contributed by atoms with Crippen molar-refractivity contribution in [3.8, 4) is 0 Å². The highest BCUT2D eigenvalue weighted by Crippen LogP contribution is 2.29. The number of amides is 1. The van der Waals surface area contributed by atoms with E-state index in [-0.39, 0.29) is 0 Å². The third kappa shape index (κ3) is 3.86. The fourth-order valence-corrected chi connectivity index (χ4v) is 2.71. The number of hydrogen-bond donors (Lipinski definition) is 0. The number of carbonyl (C=O) groups excluding carboxylic acids is 1. The third-order valence-corrected chi connectivity index (χ3v) is 3.56. The average molecular weight is 372 g/mol. The molecule has 0 saturated carbocycles. The zero-order chi connectivity index (χ0) is 15.8. The Morgan fingerprint density at radius 3 is 2.62 bits per heavy atom. The van der Waals surface area contributed by atoms with Gasteiger partial charge in [-0.3, -0.25) is 9.88 Å². The highest BCUT2D eigenvalue weighted by molar-refractivity contribution is 9.10. The van der Waals surface area contributed by atoms with Crippen LogP contribution in [0.15, 0.2) is 28.9 Å². The van der Waals surface area contributed by atoms with Crippen LogP contribution in [0.2, 0.25) is 5.02 Å². The molecule has 0 unspecified atom stereocenters. The van der Waals surface area contributed by atoms with Gasteiger partial charge >= 0.3 is 6.09 Å². The van der Waals surface area contributed by atoms with E-state index in [1.165, 1.54) is 4.90 Å². The first-order chi connectivity index (χ1) is 9.67. The van der Waals surface area contributed by atoms with Crippen molar-refractivity contribution in [3.63, 3.8) is 0 Å². The Bertz CT molecular complexity index is 698. The number of anilines is 1. The molecule has 2 aromatic rings. The Kier molecular flexibility index (Phi) is 4.44. The maximum Gasteiger partial charge on any atom is 0.414 e. The summed E-state index contributed by atoms with van der Waals surface area (Å²) in [7, 11) is 1.65. The lowest BCUT2D eigenvalue weighted by molar-refractivity contribution is 0.0589. The maximum atomic E-state index is 12.1. The molecule has 2 rings (SSSR count). The number of fused-ring (bicyclic) bond motifs is 1. The van der Waals surface area contributed by atoms with Crippen LogP contribution in [0, 0.1) is 0 Å². The topological polar surface area (TPSA) is 42.4 Å². The number of aromatic nitrogens is 1. The van der Waals surface area contributed by atoms with Crippen molar-refractivity contribution in [3.05, 3.63) is 33.9 Å². The predicted octanol–water partition coefficient (Wildman–Crippen LogP) is 5.02. The molecule has 0 aliphatic heterocycles. The summed E-state index contributed by atoms with van der Waals surface area (Å²) in [5, 5.41) is 1.45. The van der Waals surface area contributed by atoms with Gasteiger partial charge < -0.3 is 4.74 Å². The molecule has 0 atom stereocenters. The molecular formula is C15H16BrClN2O2. The minimum atomic E-state index is -0.540. The summed E-state index contributed by atoms with van der Waals surface area (Å²) in [6, 6.07) is 5.44. The smallest absolute Gasteiger partial charge is 0.414 e. The van der Waals surface area contributed by atoms with Crippen molar-refractivity contribution in [2.24, 2.45) is 0 Å². The largest absolute Gasteiger partial charge is 0.443 e. The maximum absolute atomic E-state index is 12.1. The summed E-state index contributed by atoms with van der Waals surface area (Å²) in [5.41, 5.74) is 0.897. The average Bonchev–Trinajstić information content (AvgIpc) is 2.34. The molecule has 1 amide bonds. The van der Waals surface area contributed by atoms with Crippen LogP contribution in [-0.4, -0.2) is 23.7 Å². The summed E-state index contributed by atoms with van der Waals surface area (Å²) in [4.78, 5) is 17.9. The van der Waals surface area contributed by atoms with Gasteiger partial charge in [-0.05, 0) is 54.9 Å². The molecule has 1 heterocycles. The SMILES string of the molecule is CN(C(=O)OC(C)(C)C)c1cnc2c(Br)cc(Cl)cc2c1. The second kappa shape index (κ2) is 5.81. The van der Waals surface area contributed by atoms with Gasteiger partial charge in [-0.2, -0.15) is 0 Å². The minimum absolute atomic E-state index is 0.426. The van der Waals surface area contributed by atoms with Crippen LogP contribution < -0.4 is 4.90 Å². The second-order valence-corrected chi connectivity index (χ2v) is 6.98. The molecule has 112 valence electrons. The molecule has 0 aliphatic rings. The summed E-state index contributed by atoms with van der Waals surface area (Å²) >= 11 is 9.47. The van der Waals surface area contributed by atoms with E-state index < -0.39 is 11.7 Å². The highest BCUT2D eigenvalue weighted by Gasteiger charge is 2.21. The number of halogens is 2. The molecule has 1 aromatic heterocycles. The molecule has 0 N–H and O–H groups in total. The van der Waals surface area contributed by atoms with Crippen LogP contribution in [-0.2, 0) is 4.74 Å². The van der Waals surface area contributed by atoms with Crippen LogP contribution in [0.3, 0.4) is 0 Å². The Morgan fingerprint density at radius 2 is 2.00 bits per heavy atom. The molecule has 0 radical (unpaired) electrons. The fraction of sp³-hybridized carbons (Fsp3) is 0.333. The number of benzene rings is 1. The molecule has 0 bridgehead atoms. The lowest BCUT2D eigenvalue weighted by Gasteiger charge is -2.24. The van der Waals surface area contributed by atoms with Gasteiger partial charge in [-0.1, -0.05) is 11.6 Å². The van der Waals surface area contributed by atoms with E-state index >= 15 is 0 Å². The van der Waals surface area contributed by atoms with Gasteiger partial charge in [0.05, 0.1) is 17.4 Å². The lowest BCUT2D eigenvalue weighted by Crippen LogP contribution is -2.34. The van der Waals surface area contributed by atoms with E-state index in [9.17, 15) is 4.79 Å². The van der Waals surface area contributed by atoms with E-state index in [4.69, 9.17) is 16.3 Å². The van der Waals surface area contributed by atoms with Crippen LogP contribution in [0.1, 0.15) is 20.8 Å². The van der Waals surface area contributed by atoms with Gasteiger partial charge in [0.25, 0.3) is 0 Å². The predicted molar refractivity (Wildman–Crippen MR) is 89.1 cm³/mol. The summed E-state index contributed by atoms with van der Waals surface area (Å²) in [6.45, 7) is 5.48. The van der Waals surface area contributed by atoms with Gasteiger partial charge in [-0.15, -0.1) is 0 Å². The first kappa shape index (κ1) is 16.0. The van der Waals surface area contributed by atoms with Crippen molar-refractivity contribution >= 4 is 50.2 Å². The molecule has 6 heteroatoms. The molecule has 0 fully saturated rings. The molecule has 4 nitrogen and oxygen atoms in total. The van der Waals surface area contributed by atoms with Crippen molar-refractivity contribution in [2.75, 3.05) is 11.9 Å². The first-order valence-corrected chi connectivity index (χ1v) is 7.56. The minimum Gasteiger partial charge on any atom is -0.443 e. The third-order valence-electron chi connectivity index (χ3n) is 2.74. The molecular weight excluding hydrogens is 356 g/mol. The van der Waals surface area contributed by atoms with Gasteiger partial charge in [0.1, 0.15) is 5.60 Å². The molecule has 0 saturated heterocycles. The van der Waals surface area contributed by atoms with Gasteiger partial charge in [0.2, 0.25) is 0 Å². The number of rotatable bonds is 1. The highest BCUT2D eigenvalue weighted by atomic mass is 79.9. The molecule has 0 aliphatic carbocycles. The lowest BCUT2D eigenvalue weighted by atomic mass is 10.2. The monoisotopic (exact) mass is 370 g/mol. The van der Waals surface area contributed by atoms with Crippen molar-refractivity contribution < 1.29 is 9.53 Å². The standard InChI is InChI=1S/C15H16BrClN2O2/c1-15(2,3)21-14(20)19(4)11-6-9-5-10(17)7-12(16)13(9)18-8-11/h5-8H,1-4H3. The Balaban J connectivity index is 2.36. The summed E-state index contributed by atoms with van der Waals surface area (Å²) in [6.07, 6.45) is 1.20. The van der Waals surface area contributed by atoms with E-state index in [1.807, 2.05) is 26.8 Å². The summed E-state index contributed by atoms with van der Waals surface area (Å²) in [5.74, 6) is 0. The van der Waals surface area contributed by atoms with Gasteiger partial charge in [0.15, 0.2) is 0 Å². The van der Waals surface area contributed by atoms with Crippen LogP contribution in [0.25, 0.3) is 10.9 Å². The van der Waals surface area contributed by atoms with Crippen molar-refractivity contribution in [1.29, 1.82) is 0 Å². The molecule has 1 aromatic carbocycles. The zero-order valence-corrected chi connectivity index (χ0v) is 14.6. The number of carbonyl (C=O) groups is 1. The van der Waals surface area contributed by atoms with Gasteiger partial charge in [0, 0.05) is 21.9 Å². The normalized spacial score (nSPS) is 11.5. The Hall–Kier alpha value is -1.33. The van der Waals surface area contributed by atoms with Crippen LogP contribution >= 0.6 is 27.5 Å². The Labute approximate surface area is 137 Å². The van der Waals surface area contributed by atoms with E-state index in [2.05, 4.69) is 20.9 Å². The van der Waals surface area contributed by atoms with Crippen LogP contribution in [0.5, 0.6) is 0 Å².